The van der Waals surface area contributed by atoms with Crippen molar-refractivity contribution in [2.75, 3.05) is 26.2 Å². The van der Waals surface area contributed by atoms with Crippen molar-refractivity contribution in [2.45, 2.75) is 66.3 Å². The van der Waals surface area contributed by atoms with E-state index in [-0.39, 0.29) is 0 Å². The molecule has 2 aliphatic rings. The van der Waals surface area contributed by atoms with Gasteiger partial charge < -0.3 is 10.2 Å². The first kappa shape index (κ1) is 17.3. The second-order valence-electron chi connectivity index (χ2n) is 8.29. The monoisotopic (exact) mass is 294 g/mol. The number of nitrogens with zero attached hydrogens (tertiary/aromatic N) is 1. The molecule has 124 valence electrons. The van der Waals surface area contributed by atoms with Crippen LogP contribution in [0, 0.1) is 29.6 Å². The highest BCUT2D eigenvalue weighted by Crippen LogP contribution is 2.35. The summed E-state index contributed by atoms with van der Waals surface area (Å²) >= 11 is 0. The van der Waals surface area contributed by atoms with Crippen LogP contribution in [-0.4, -0.2) is 37.1 Å². The van der Waals surface area contributed by atoms with Gasteiger partial charge in [0.15, 0.2) is 0 Å². The van der Waals surface area contributed by atoms with Gasteiger partial charge in [-0.1, -0.05) is 34.6 Å². The molecule has 0 aromatic rings. The summed E-state index contributed by atoms with van der Waals surface area (Å²) in [6.07, 6.45) is 5.69. The standard InChI is InChI=1S/C19H38N2/c1-6-20-19-8-7-16(14(2)3)11-18(19)13-21-10-9-17(12-21)15(4)5/h14-20H,6-13H2,1-5H3. The second kappa shape index (κ2) is 7.97. The molecule has 1 saturated heterocycles. The lowest BCUT2D eigenvalue weighted by Gasteiger charge is -2.40. The van der Waals surface area contributed by atoms with E-state index in [0.29, 0.717) is 0 Å². The van der Waals surface area contributed by atoms with E-state index in [9.17, 15) is 0 Å². The Labute approximate surface area is 133 Å². The maximum absolute atomic E-state index is 3.78. The van der Waals surface area contributed by atoms with Crippen molar-refractivity contribution in [1.29, 1.82) is 0 Å². The lowest BCUT2D eigenvalue weighted by atomic mass is 9.73. The molecule has 0 radical (unpaired) electrons. The van der Waals surface area contributed by atoms with Crippen molar-refractivity contribution in [3.63, 3.8) is 0 Å². The number of rotatable bonds is 6. The van der Waals surface area contributed by atoms with Crippen LogP contribution in [0.2, 0.25) is 0 Å². The molecule has 4 unspecified atom stereocenters. The summed E-state index contributed by atoms with van der Waals surface area (Å²) in [5.74, 6) is 4.48. The van der Waals surface area contributed by atoms with Gasteiger partial charge in [-0.3, -0.25) is 0 Å². The van der Waals surface area contributed by atoms with Crippen molar-refractivity contribution < 1.29 is 0 Å². The summed E-state index contributed by atoms with van der Waals surface area (Å²) in [7, 11) is 0. The van der Waals surface area contributed by atoms with Crippen molar-refractivity contribution >= 4 is 0 Å². The van der Waals surface area contributed by atoms with Gasteiger partial charge >= 0.3 is 0 Å². The summed E-state index contributed by atoms with van der Waals surface area (Å²) in [4.78, 5) is 2.77. The van der Waals surface area contributed by atoms with Gasteiger partial charge in [0.25, 0.3) is 0 Å². The fourth-order valence-electron chi connectivity index (χ4n) is 4.54. The molecule has 21 heavy (non-hydrogen) atoms. The van der Waals surface area contributed by atoms with E-state index in [0.717, 1.165) is 42.2 Å². The molecular weight excluding hydrogens is 256 g/mol. The highest BCUT2D eigenvalue weighted by atomic mass is 15.2. The average molecular weight is 295 g/mol. The van der Waals surface area contributed by atoms with Crippen molar-refractivity contribution in [3.8, 4) is 0 Å². The van der Waals surface area contributed by atoms with E-state index in [2.05, 4.69) is 44.8 Å². The van der Waals surface area contributed by atoms with Gasteiger partial charge in [-0.2, -0.15) is 0 Å². The minimum atomic E-state index is 0.767. The van der Waals surface area contributed by atoms with Gasteiger partial charge in [-0.25, -0.2) is 0 Å². The average Bonchev–Trinajstić information content (AvgIpc) is 2.89. The van der Waals surface area contributed by atoms with E-state index >= 15 is 0 Å². The molecule has 1 aliphatic carbocycles. The van der Waals surface area contributed by atoms with E-state index in [4.69, 9.17) is 0 Å². The Bertz CT molecular complexity index is 300. The molecule has 0 bridgehead atoms. The number of hydrogen-bond acceptors (Lipinski definition) is 2. The molecule has 0 aromatic heterocycles. The first-order valence-corrected chi connectivity index (χ1v) is 9.47. The van der Waals surface area contributed by atoms with Crippen LogP contribution >= 0.6 is 0 Å². The van der Waals surface area contributed by atoms with Gasteiger partial charge in [0, 0.05) is 19.1 Å². The maximum atomic E-state index is 3.78. The molecule has 0 aromatic carbocycles. The third kappa shape index (κ3) is 4.69. The lowest BCUT2D eigenvalue weighted by molar-refractivity contribution is 0.130. The Balaban J connectivity index is 1.90. The smallest absolute Gasteiger partial charge is 0.0108 e. The fraction of sp³-hybridized carbons (Fsp3) is 1.00. The molecule has 1 saturated carbocycles. The Morgan fingerprint density at radius 1 is 1.00 bits per heavy atom. The van der Waals surface area contributed by atoms with Crippen molar-refractivity contribution in [2.24, 2.45) is 29.6 Å². The van der Waals surface area contributed by atoms with Crippen LogP contribution in [-0.2, 0) is 0 Å². The molecule has 2 heteroatoms. The molecule has 4 atom stereocenters. The zero-order chi connectivity index (χ0) is 15.4. The van der Waals surface area contributed by atoms with Gasteiger partial charge in [-0.05, 0) is 68.4 Å². The normalized spacial score (nSPS) is 35.0. The fourth-order valence-corrected chi connectivity index (χ4v) is 4.54. The van der Waals surface area contributed by atoms with Crippen LogP contribution in [0.5, 0.6) is 0 Å². The highest BCUT2D eigenvalue weighted by molar-refractivity contribution is 4.89. The first-order chi connectivity index (χ1) is 10.0. The summed E-state index contributed by atoms with van der Waals surface area (Å²) in [6, 6.07) is 0.767. The Kier molecular flexibility index (Phi) is 6.55. The molecule has 1 N–H and O–H groups in total. The van der Waals surface area contributed by atoms with E-state index in [1.165, 1.54) is 45.3 Å². The highest BCUT2D eigenvalue weighted by Gasteiger charge is 2.34. The third-order valence-electron chi connectivity index (χ3n) is 6.18. The van der Waals surface area contributed by atoms with Crippen LogP contribution in [0.15, 0.2) is 0 Å². The number of nitrogens with one attached hydrogen (secondary N) is 1. The molecule has 2 rings (SSSR count). The largest absolute Gasteiger partial charge is 0.314 e. The van der Waals surface area contributed by atoms with Crippen LogP contribution in [0.1, 0.15) is 60.3 Å². The Morgan fingerprint density at radius 3 is 2.29 bits per heavy atom. The van der Waals surface area contributed by atoms with Crippen LogP contribution in [0.4, 0.5) is 0 Å². The molecule has 2 nitrogen and oxygen atoms in total. The molecule has 0 spiro atoms. The predicted octanol–water partition coefficient (Wildman–Crippen LogP) is 4.01. The number of hydrogen-bond donors (Lipinski definition) is 1. The minimum Gasteiger partial charge on any atom is -0.314 e. The van der Waals surface area contributed by atoms with Crippen molar-refractivity contribution in [1.82, 2.24) is 10.2 Å². The van der Waals surface area contributed by atoms with Gasteiger partial charge in [-0.15, -0.1) is 0 Å². The lowest BCUT2D eigenvalue weighted by Crippen LogP contribution is -2.46. The van der Waals surface area contributed by atoms with Crippen LogP contribution in [0.3, 0.4) is 0 Å². The first-order valence-electron chi connectivity index (χ1n) is 9.47. The Morgan fingerprint density at radius 2 is 1.71 bits per heavy atom. The number of likely N-dealkylation sites (tertiary alicyclic amines) is 1. The van der Waals surface area contributed by atoms with Crippen LogP contribution in [0.25, 0.3) is 0 Å². The van der Waals surface area contributed by atoms with Crippen molar-refractivity contribution in [3.05, 3.63) is 0 Å². The summed E-state index contributed by atoms with van der Waals surface area (Å²) in [5, 5.41) is 3.78. The summed E-state index contributed by atoms with van der Waals surface area (Å²) in [5.41, 5.74) is 0. The second-order valence-corrected chi connectivity index (χ2v) is 8.29. The van der Waals surface area contributed by atoms with E-state index in [1.807, 2.05) is 0 Å². The predicted molar refractivity (Wildman–Crippen MR) is 92.5 cm³/mol. The molecular formula is C19H38N2. The van der Waals surface area contributed by atoms with Gasteiger partial charge in [0.1, 0.15) is 0 Å². The molecule has 1 aliphatic heterocycles. The molecule has 1 heterocycles. The molecule has 2 fully saturated rings. The van der Waals surface area contributed by atoms with E-state index < -0.39 is 0 Å². The summed E-state index contributed by atoms with van der Waals surface area (Å²) in [6.45, 7) is 17.0. The summed E-state index contributed by atoms with van der Waals surface area (Å²) < 4.78 is 0. The molecule has 0 amide bonds. The minimum absolute atomic E-state index is 0.767. The van der Waals surface area contributed by atoms with Gasteiger partial charge in [0.2, 0.25) is 0 Å². The maximum Gasteiger partial charge on any atom is 0.0108 e. The zero-order valence-corrected chi connectivity index (χ0v) is 15.1. The van der Waals surface area contributed by atoms with E-state index in [1.54, 1.807) is 0 Å². The third-order valence-corrected chi connectivity index (χ3v) is 6.18. The zero-order valence-electron chi connectivity index (χ0n) is 15.1. The van der Waals surface area contributed by atoms with Gasteiger partial charge in [0.05, 0.1) is 0 Å². The van der Waals surface area contributed by atoms with Crippen LogP contribution < -0.4 is 5.32 Å². The quantitative estimate of drug-likeness (QED) is 0.796. The topological polar surface area (TPSA) is 15.3 Å². The Hall–Kier alpha value is -0.0800. The SMILES string of the molecule is CCNC1CCC(C(C)C)CC1CN1CCC(C(C)C)C1.